The zero-order valence-corrected chi connectivity index (χ0v) is 13.3. The molecule has 0 saturated heterocycles. The van der Waals surface area contributed by atoms with Crippen LogP contribution in [0.2, 0.25) is 0 Å². The monoisotopic (exact) mass is 327 g/mol. The molecule has 0 unspecified atom stereocenters. The van der Waals surface area contributed by atoms with Gasteiger partial charge in [-0.25, -0.2) is 9.18 Å². The van der Waals surface area contributed by atoms with Crippen molar-refractivity contribution in [1.82, 2.24) is 0 Å². The highest BCUT2D eigenvalue weighted by atomic mass is 19.1. The summed E-state index contributed by atoms with van der Waals surface area (Å²) in [5.41, 5.74) is -1.41. The zero-order chi connectivity index (χ0) is 18.3. The lowest BCUT2D eigenvalue weighted by molar-refractivity contribution is 0.0635. The number of ether oxygens (including phenoxy) is 1. The molecule has 1 aromatic carbocycles. The Morgan fingerprint density at radius 3 is 2.25 bits per heavy atom. The van der Waals surface area contributed by atoms with E-state index in [1.807, 2.05) is 0 Å². The highest BCUT2D eigenvalue weighted by Gasteiger charge is 2.17. The smallest absolute Gasteiger partial charge is 0.412 e. The van der Waals surface area contributed by atoms with Crippen molar-refractivity contribution >= 4 is 17.5 Å². The van der Waals surface area contributed by atoms with E-state index >= 15 is 0 Å². The first-order chi connectivity index (χ1) is 11.2. The van der Waals surface area contributed by atoms with Crippen molar-refractivity contribution in [3.8, 4) is 18.2 Å². The standard InChI is InChI=1S/C16H14FN5O2/c1-16(2,3)24-15(23)22-13-6-11(4-5-12(13)17)21-14(9-20)10(7-18)8-19/h4-6,21H,1-3H3,(H,22,23). The van der Waals surface area contributed by atoms with Gasteiger partial charge in [0.2, 0.25) is 0 Å². The fraction of sp³-hybridized carbons (Fsp3) is 0.250. The molecule has 0 fully saturated rings. The summed E-state index contributed by atoms with van der Waals surface area (Å²) in [4.78, 5) is 11.7. The molecule has 0 saturated carbocycles. The molecule has 0 aliphatic heterocycles. The molecule has 8 heteroatoms. The molecular weight excluding hydrogens is 313 g/mol. The summed E-state index contributed by atoms with van der Waals surface area (Å²) in [6.45, 7) is 4.99. The third kappa shape index (κ3) is 5.32. The van der Waals surface area contributed by atoms with Gasteiger partial charge in [-0.05, 0) is 39.0 Å². The van der Waals surface area contributed by atoms with Crippen molar-refractivity contribution in [3.05, 3.63) is 35.3 Å². The lowest BCUT2D eigenvalue weighted by atomic mass is 10.2. The zero-order valence-electron chi connectivity index (χ0n) is 13.3. The van der Waals surface area contributed by atoms with Gasteiger partial charge in [0.25, 0.3) is 0 Å². The quantitative estimate of drug-likeness (QED) is 0.820. The van der Waals surface area contributed by atoms with Gasteiger partial charge in [0.1, 0.15) is 35.3 Å². The molecule has 1 rings (SSSR count). The van der Waals surface area contributed by atoms with E-state index in [4.69, 9.17) is 20.5 Å². The highest BCUT2D eigenvalue weighted by molar-refractivity contribution is 5.86. The number of nitriles is 3. The van der Waals surface area contributed by atoms with Gasteiger partial charge in [-0.1, -0.05) is 0 Å². The Kier molecular flexibility index (Phi) is 5.87. The van der Waals surface area contributed by atoms with Gasteiger partial charge in [0.15, 0.2) is 5.57 Å². The minimum Gasteiger partial charge on any atom is -0.444 e. The van der Waals surface area contributed by atoms with Gasteiger partial charge < -0.3 is 10.1 Å². The summed E-state index contributed by atoms with van der Waals surface area (Å²) < 4.78 is 18.8. The van der Waals surface area contributed by atoms with Gasteiger partial charge >= 0.3 is 6.09 Å². The average molecular weight is 327 g/mol. The number of hydrogen-bond donors (Lipinski definition) is 2. The third-order valence-corrected chi connectivity index (χ3v) is 2.46. The van der Waals surface area contributed by atoms with Crippen LogP contribution in [0.4, 0.5) is 20.6 Å². The van der Waals surface area contributed by atoms with Crippen LogP contribution in [0.25, 0.3) is 0 Å². The van der Waals surface area contributed by atoms with Gasteiger partial charge in [-0.3, -0.25) is 5.32 Å². The Morgan fingerprint density at radius 1 is 1.12 bits per heavy atom. The van der Waals surface area contributed by atoms with Crippen LogP contribution in [0.5, 0.6) is 0 Å². The molecule has 0 aliphatic carbocycles. The Bertz CT molecular complexity index is 788. The van der Waals surface area contributed by atoms with Crippen LogP contribution in [-0.4, -0.2) is 11.7 Å². The number of benzene rings is 1. The van der Waals surface area contributed by atoms with Crippen LogP contribution in [-0.2, 0) is 4.74 Å². The number of nitrogens with one attached hydrogen (secondary N) is 2. The molecule has 24 heavy (non-hydrogen) atoms. The first kappa shape index (κ1) is 18.5. The first-order valence-electron chi connectivity index (χ1n) is 6.71. The third-order valence-electron chi connectivity index (χ3n) is 2.46. The molecule has 0 aliphatic rings. The Hall–Kier alpha value is -3.57. The van der Waals surface area contributed by atoms with Gasteiger partial charge in [0.05, 0.1) is 5.69 Å². The van der Waals surface area contributed by atoms with E-state index in [1.165, 1.54) is 12.1 Å². The molecule has 0 atom stereocenters. The molecule has 122 valence electrons. The van der Waals surface area contributed by atoms with E-state index in [-0.39, 0.29) is 17.1 Å². The molecule has 1 aromatic rings. The molecule has 0 spiro atoms. The van der Waals surface area contributed by atoms with Gasteiger partial charge in [-0.15, -0.1) is 0 Å². The molecular formula is C16H14FN5O2. The Morgan fingerprint density at radius 2 is 1.75 bits per heavy atom. The van der Waals surface area contributed by atoms with E-state index in [2.05, 4.69) is 10.6 Å². The lowest BCUT2D eigenvalue weighted by Gasteiger charge is -2.20. The number of amides is 1. The summed E-state index contributed by atoms with van der Waals surface area (Å²) in [5, 5.41) is 31.3. The van der Waals surface area contributed by atoms with Crippen LogP contribution in [0.1, 0.15) is 20.8 Å². The normalized spacial score (nSPS) is 9.71. The van der Waals surface area contributed by atoms with E-state index < -0.39 is 23.1 Å². The number of carbonyl (C=O) groups excluding carboxylic acids is 1. The van der Waals surface area contributed by atoms with Crippen LogP contribution in [0, 0.1) is 39.8 Å². The first-order valence-corrected chi connectivity index (χ1v) is 6.71. The van der Waals surface area contributed by atoms with Crippen LogP contribution < -0.4 is 10.6 Å². The number of anilines is 2. The van der Waals surface area contributed by atoms with Crippen molar-refractivity contribution in [2.75, 3.05) is 10.6 Å². The summed E-state index contributed by atoms with van der Waals surface area (Å²) in [6.07, 6.45) is -0.843. The predicted octanol–water partition coefficient (Wildman–Crippen LogP) is 3.41. The summed E-state index contributed by atoms with van der Waals surface area (Å²) in [5.74, 6) is -0.713. The number of nitrogens with zero attached hydrogens (tertiary/aromatic N) is 3. The molecule has 0 radical (unpaired) electrons. The van der Waals surface area contributed by atoms with Crippen molar-refractivity contribution in [1.29, 1.82) is 15.8 Å². The Balaban J connectivity index is 3.06. The molecule has 0 bridgehead atoms. The van der Waals surface area contributed by atoms with Gasteiger partial charge in [0, 0.05) is 5.69 Å². The number of hydrogen-bond acceptors (Lipinski definition) is 6. The molecule has 2 N–H and O–H groups in total. The summed E-state index contributed by atoms with van der Waals surface area (Å²) >= 11 is 0. The molecule has 1 amide bonds. The maximum absolute atomic E-state index is 13.8. The second-order valence-corrected chi connectivity index (χ2v) is 5.53. The highest BCUT2D eigenvalue weighted by Crippen LogP contribution is 2.22. The van der Waals surface area contributed by atoms with E-state index in [9.17, 15) is 9.18 Å². The summed E-state index contributed by atoms with van der Waals surface area (Å²) in [6, 6.07) is 8.39. The van der Waals surface area contributed by atoms with Gasteiger partial charge in [-0.2, -0.15) is 15.8 Å². The number of carbonyl (C=O) groups is 1. The van der Waals surface area contributed by atoms with E-state index in [0.717, 1.165) is 6.07 Å². The van der Waals surface area contributed by atoms with Crippen molar-refractivity contribution in [3.63, 3.8) is 0 Å². The largest absolute Gasteiger partial charge is 0.444 e. The van der Waals surface area contributed by atoms with Crippen molar-refractivity contribution in [2.24, 2.45) is 0 Å². The van der Waals surface area contributed by atoms with Crippen LogP contribution in [0.3, 0.4) is 0 Å². The van der Waals surface area contributed by atoms with Crippen LogP contribution in [0.15, 0.2) is 29.5 Å². The fourth-order valence-corrected chi connectivity index (χ4v) is 1.54. The minimum absolute atomic E-state index is 0.179. The van der Waals surface area contributed by atoms with Crippen molar-refractivity contribution < 1.29 is 13.9 Å². The van der Waals surface area contributed by atoms with E-state index in [0.29, 0.717) is 0 Å². The number of rotatable bonds is 3. The summed E-state index contributed by atoms with van der Waals surface area (Å²) in [7, 11) is 0. The second kappa shape index (κ2) is 7.62. The average Bonchev–Trinajstić information content (AvgIpc) is 2.48. The Labute approximate surface area is 138 Å². The maximum Gasteiger partial charge on any atom is 0.412 e. The van der Waals surface area contributed by atoms with Crippen molar-refractivity contribution in [2.45, 2.75) is 26.4 Å². The fourth-order valence-electron chi connectivity index (χ4n) is 1.54. The number of halogens is 1. The molecule has 7 nitrogen and oxygen atoms in total. The minimum atomic E-state index is -0.843. The SMILES string of the molecule is CC(C)(C)OC(=O)Nc1cc(NC(C#N)=C(C#N)C#N)ccc1F. The lowest BCUT2D eigenvalue weighted by Crippen LogP contribution is -2.27. The van der Waals surface area contributed by atoms with Crippen LogP contribution >= 0.6 is 0 Å². The molecule has 0 aromatic heterocycles. The topological polar surface area (TPSA) is 122 Å². The molecule has 0 heterocycles. The predicted molar refractivity (Wildman–Crippen MR) is 83.7 cm³/mol. The maximum atomic E-state index is 13.8. The van der Waals surface area contributed by atoms with E-state index in [1.54, 1.807) is 39.0 Å². The number of allylic oxidation sites excluding steroid dienone is 2. The second-order valence-electron chi connectivity index (χ2n) is 5.53.